The van der Waals surface area contributed by atoms with Crippen LogP contribution in [-0.2, 0) is 4.74 Å². The number of nitrogens with zero attached hydrogens (tertiary/aromatic N) is 4. The van der Waals surface area contributed by atoms with Crippen LogP contribution >= 0.6 is 0 Å². The van der Waals surface area contributed by atoms with Crippen molar-refractivity contribution < 1.29 is 14.1 Å². The zero-order chi connectivity index (χ0) is 18.5. The number of benzene rings is 1. The lowest BCUT2D eigenvalue weighted by atomic mass is 10.1. The summed E-state index contributed by atoms with van der Waals surface area (Å²) in [5.74, 6) is 0.647. The predicted octanol–water partition coefficient (Wildman–Crippen LogP) is 3.05. The van der Waals surface area contributed by atoms with E-state index in [9.17, 15) is 4.79 Å². The number of amides is 1. The van der Waals surface area contributed by atoms with E-state index in [1.807, 2.05) is 25.1 Å². The third kappa shape index (κ3) is 3.86. The third-order valence-corrected chi connectivity index (χ3v) is 4.62. The summed E-state index contributed by atoms with van der Waals surface area (Å²) in [6.45, 7) is 7.07. The summed E-state index contributed by atoms with van der Waals surface area (Å²) in [5.41, 5.74) is 2.26. The van der Waals surface area contributed by atoms with Gasteiger partial charge < -0.3 is 14.2 Å². The number of rotatable bonds is 4. The highest BCUT2D eigenvalue weighted by Gasteiger charge is 2.27. The number of ether oxygens (including phenoxy) is 1. The molecule has 0 radical (unpaired) electrons. The first-order valence-corrected chi connectivity index (χ1v) is 8.75. The summed E-state index contributed by atoms with van der Waals surface area (Å²) < 4.78 is 10.5. The van der Waals surface area contributed by atoms with Crippen LogP contribution in [0.3, 0.4) is 0 Å². The van der Waals surface area contributed by atoms with Crippen LogP contribution < -0.4 is 0 Å². The highest BCUT2D eigenvalue weighted by atomic mass is 16.6. The lowest BCUT2D eigenvalue weighted by Crippen LogP contribution is -2.49. The minimum atomic E-state index is -0.249. The van der Waals surface area contributed by atoms with E-state index >= 15 is 0 Å². The summed E-state index contributed by atoms with van der Waals surface area (Å²) in [6, 6.07) is 11.4. The number of carbonyl (C=O) groups excluding carboxylic acids is 1. The fourth-order valence-electron chi connectivity index (χ4n) is 3.06. The average molecular weight is 354 g/mol. The van der Waals surface area contributed by atoms with E-state index in [-0.39, 0.29) is 12.1 Å². The Hall–Kier alpha value is -2.85. The van der Waals surface area contributed by atoms with Crippen LogP contribution in [0.4, 0.5) is 4.79 Å². The zero-order valence-electron chi connectivity index (χ0n) is 15.0. The maximum absolute atomic E-state index is 11.8. The number of nitriles is 1. The quantitative estimate of drug-likeness (QED) is 0.839. The van der Waals surface area contributed by atoms with Crippen LogP contribution in [0, 0.1) is 11.3 Å². The molecule has 0 saturated carbocycles. The molecule has 0 N–H and O–H groups in total. The van der Waals surface area contributed by atoms with E-state index < -0.39 is 0 Å². The molecule has 2 heterocycles. The lowest BCUT2D eigenvalue weighted by molar-refractivity contribution is 0.0675. The topological polar surface area (TPSA) is 82.6 Å². The Morgan fingerprint density at radius 1 is 1.35 bits per heavy atom. The Labute approximate surface area is 152 Å². The van der Waals surface area contributed by atoms with Crippen LogP contribution in [0.2, 0.25) is 0 Å². The maximum atomic E-state index is 11.8. The van der Waals surface area contributed by atoms with Gasteiger partial charge in [0.2, 0.25) is 0 Å². The van der Waals surface area contributed by atoms with Gasteiger partial charge in [-0.25, -0.2) is 4.79 Å². The summed E-state index contributed by atoms with van der Waals surface area (Å²) in [5, 5.41) is 13.2. The summed E-state index contributed by atoms with van der Waals surface area (Å²) in [7, 11) is 0. The minimum Gasteiger partial charge on any atom is -0.450 e. The van der Waals surface area contributed by atoms with Crippen LogP contribution in [-0.4, -0.2) is 53.8 Å². The van der Waals surface area contributed by atoms with Crippen molar-refractivity contribution in [2.75, 3.05) is 32.8 Å². The van der Waals surface area contributed by atoms with Crippen LogP contribution in [0.1, 0.15) is 31.1 Å². The first kappa shape index (κ1) is 18.0. The van der Waals surface area contributed by atoms with Gasteiger partial charge >= 0.3 is 6.09 Å². The second-order valence-electron chi connectivity index (χ2n) is 6.21. The number of hydrogen-bond donors (Lipinski definition) is 0. The second-order valence-corrected chi connectivity index (χ2v) is 6.21. The molecule has 0 spiro atoms. The van der Waals surface area contributed by atoms with Crippen LogP contribution in [0.25, 0.3) is 11.3 Å². The summed E-state index contributed by atoms with van der Waals surface area (Å²) in [6.07, 6.45) is -0.249. The van der Waals surface area contributed by atoms with Crippen molar-refractivity contribution >= 4 is 6.09 Å². The van der Waals surface area contributed by atoms with Gasteiger partial charge in [-0.1, -0.05) is 17.3 Å². The normalized spacial score (nSPS) is 16.1. The average Bonchev–Trinajstić information content (AvgIpc) is 3.18. The highest BCUT2D eigenvalue weighted by molar-refractivity contribution is 5.67. The van der Waals surface area contributed by atoms with E-state index in [4.69, 9.17) is 14.5 Å². The molecule has 2 aromatic rings. The molecule has 1 aliphatic rings. The Morgan fingerprint density at radius 3 is 2.81 bits per heavy atom. The summed E-state index contributed by atoms with van der Waals surface area (Å²) >= 11 is 0. The molecule has 26 heavy (non-hydrogen) atoms. The molecule has 7 heteroatoms. The fourth-order valence-corrected chi connectivity index (χ4v) is 3.06. The molecule has 136 valence electrons. The van der Waals surface area contributed by atoms with Gasteiger partial charge in [0.25, 0.3) is 0 Å². The predicted molar refractivity (Wildman–Crippen MR) is 95.2 cm³/mol. The minimum absolute atomic E-state index is 0.0796. The standard InChI is InChI=1S/C19H22N4O3/c1-3-25-19(24)23-9-7-22(8-10-23)14(2)17-12-18(26-21-17)16-6-4-5-15(11-16)13-20/h4-6,11-12,14H,3,7-10H2,1-2H3. The number of piperazine rings is 1. The molecule has 0 bridgehead atoms. The van der Waals surface area contributed by atoms with Gasteiger partial charge in [0.1, 0.15) is 5.69 Å². The molecular weight excluding hydrogens is 332 g/mol. The molecular formula is C19H22N4O3. The van der Waals surface area contributed by atoms with Gasteiger partial charge in [0.15, 0.2) is 5.76 Å². The van der Waals surface area contributed by atoms with Crippen molar-refractivity contribution in [2.24, 2.45) is 0 Å². The molecule has 1 atom stereocenters. The number of aromatic nitrogens is 1. The molecule has 3 rings (SSSR count). The van der Waals surface area contributed by atoms with Gasteiger partial charge in [0.05, 0.1) is 24.3 Å². The first-order chi connectivity index (χ1) is 12.6. The molecule has 1 aromatic heterocycles. The molecule has 1 amide bonds. The van der Waals surface area contributed by atoms with E-state index in [0.717, 1.165) is 24.3 Å². The fraction of sp³-hybridized carbons (Fsp3) is 0.421. The number of hydrogen-bond acceptors (Lipinski definition) is 6. The first-order valence-electron chi connectivity index (χ1n) is 8.75. The largest absolute Gasteiger partial charge is 0.450 e. The highest BCUT2D eigenvalue weighted by Crippen LogP contribution is 2.27. The van der Waals surface area contributed by atoms with Crippen molar-refractivity contribution in [3.63, 3.8) is 0 Å². The molecule has 1 aromatic carbocycles. The molecule has 1 saturated heterocycles. The molecule has 7 nitrogen and oxygen atoms in total. The smallest absolute Gasteiger partial charge is 0.409 e. The lowest BCUT2D eigenvalue weighted by Gasteiger charge is -2.36. The Kier molecular flexibility index (Phi) is 5.54. The molecule has 1 fully saturated rings. The Bertz CT molecular complexity index is 803. The van der Waals surface area contributed by atoms with Crippen LogP contribution in [0.15, 0.2) is 34.9 Å². The van der Waals surface area contributed by atoms with E-state index in [1.54, 1.807) is 17.0 Å². The van der Waals surface area contributed by atoms with E-state index in [1.165, 1.54) is 0 Å². The van der Waals surface area contributed by atoms with Crippen molar-refractivity contribution in [1.82, 2.24) is 15.0 Å². The Balaban J connectivity index is 1.64. The van der Waals surface area contributed by atoms with Gasteiger partial charge in [-0.05, 0) is 26.0 Å². The van der Waals surface area contributed by atoms with Gasteiger partial charge in [0, 0.05) is 37.8 Å². The van der Waals surface area contributed by atoms with Crippen molar-refractivity contribution in [3.05, 3.63) is 41.6 Å². The molecule has 1 aliphatic heterocycles. The summed E-state index contributed by atoms with van der Waals surface area (Å²) in [4.78, 5) is 15.8. The monoisotopic (exact) mass is 354 g/mol. The second kappa shape index (κ2) is 8.02. The van der Waals surface area contributed by atoms with Crippen molar-refractivity contribution in [1.29, 1.82) is 5.26 Å². The zero-order valence-corrected chi connectivity index (χ0v) is 15.0. The number of carbonyl (C=O) groups is 1. The van der Waals surface area contributed by atoms with Gasteiger partial charge in [-0.15, -0.1) is 0 Å². The van der Waals surface area contributed by atoms with Crippen LogP contribution in [0.5, 0.6) is 0 Å². The SMILES string of the molecule is CCOC(=O)N1CCN(C(C)c2cc(-c3cccc(C#N)c3)on2)CC1. The Morgan fingerprint density at radius 2 is 2.12 bits per heavy atom. The van der Waals surface area contributed by atoms with E-state index in [2.05, 4.69) is 23.0 Å². The third-order valence-electron chi connectivity index (χ3n) is 4.62. The van der Waals surface area contributed by atoms with Gasteiger partial charge in [-0.3, -0.25) is 4.90 Å². The van der Waals surface area contributed by atoms with Crippen molar-refractivity contribution in [3.8, 4) is 17.4 Å². The van der Waals surface area contributed by atoms with E-state index in [0.29, 0.717) is 31.0 Å². The van der Waals surface area contributed by atoms with Gasteiger partial charge in [-0.2, -0.15) is 5.26 Å². The molecule has 1 unspecified atom stereocenters. The maximum Gasteiger partial charge on any atom is 0.409 e. The molecule has 0 aliphatic carbocycles. The van der Waals surface area contributed by atoms with Crippen molar-refractivity contribution in [2.45, 2.75) is 19.9 Å².